The lowest BCUT2D eigenvalue weighted by Crippen LogP contribution is -2.45. The van der Waals surface area contributed by atoms with E-state index in [0.29, 0.717) is 25.9 Å². The van der Waals surface area contributed by atoms with E-state index in [1.807, 2.05) is 0 Å². The van der Waals surface area contributed by atoms with Gasteiger partial charge in [0.25, 0.3) is 0 Å². The molecule has 2 unspecified atom stereocenters. The number of ether oxygens (including phenoxy) is 1. The normalized spacial score (nSPS) is 12.7. The molecule has 0 fully saturated rings. The van der Waals surface area contributed by atoms with Crippen molar-refractivity contribution >= 4 is 11.9 Å². The van der Waals surface area contributed by atoms with Crippen LogP contribution in [-0.2, 0) is 14.3 Å². The van der Waals surface area contributed by atoms with Crippen LogP contribution in [0.5, 0.6) is 0 Å². The van der Waals surface area contributed by atoms with Gasteiger partial charge in [0.15, 0.2) is 0 Å². The smallest absolute Gasteiger partial charge is 0.305 e. The highest BCUT2D eigenvalue weighted by molar-refractivity contribution is 5.76. The highest BCUT2D eigenvalue weighted by atomic mass is 16.5. The van der Waals surface area contributed by atoms with E-state index in [-0.39, 0.29) is 18.5 Å². The van der Waals surface area contributed by atoms with E-state index in [1.165, 1.54) is 161 Å². The maximum absolute atomic E-state index is 12.4. The van der Waals surface area contributed by atoms with Crippen molar-refractivity contribution in [1.82, 2.24) is 5.32 Å². The minimum atomic E-state index is -0.693. The van der Waals surface area contributed by atoms with Crippen LogP contribution in [0.2, 0.25) is 0 Å². The molecule has 6 heteroatoms. The lowest BCUT2D eigenvalue weighted by molar-refractivity contribution is -0.143. The van der Waals surface area contributed by atoms with Gasteiger partial charge in [0.05, 0.1) is 25.4 Å². The molecule has 0 saturated carbocycles. The van der Waals surface area contributed by atoms with Crippen molar-refractivity contribution in [2.45, 2.75) is 276 Å². The number of aliphatic hydroxyl groups excluding tert-OH is 2. The highest BCUT2D eigenvalue weighted by Crippen LogP contribution is 2.16. The summed E-state index contributed by atoms with van der Waals surface area (Å²) in [4.78, 5) is 24.4. The molecule has 2 atom stereocenters. The summed E-state index contributed by atoms with van der Waals surface area (Å²) in [5, 5.41) is 23.2. The molecule has 0 aliphatic carbocycles. The summed E-state index contributed by atoms with van der Waals surface area (Å²) >= 11 is 0. The number of aliphatic hydroxyl groups is 2. The molecular formula is C49H95NO5. The van der Waals surface area contributed by atoms with E-state index < -0.39 is 12.1 Å². The van der Waals surface area contributed by atoms with Gasteiger partial charge in [0, 0.05) is 12.8 Å². The summed E-state index contributed by atoms with van der Waals surface area (Å²) in [5.74, 6) is -0.129. The Morgan fingerprint density at radius 2 is 0.873 bits per heavy atom. The predicted molar refractivity (Wildman–Crippen MR) is 237 cm³/mol. The van der Waals surface area contributed by atoms with Crippen molar-refractivity contribution in [2.24, 2.45) is 0 Å². The topological polar surface area (TPSA) is 95.9 Å². The van der Waals surface area contributed by atoms with Crippen LogP contribution in [0.1, 0.15) is 264 Å². The quantitative estimate of drug-likeness (QED) is 0.0325. The van der Waals surface area contributed by atoms with Gasteiger partial charge in [0.1, 0.15) is 0 Å². The lowest BCUT2D eigenvalue weighted by Gasteiger charge is -2.22. The average Bonchev–Trinajstić information content (AvgIpc) is 3.18. The number of esters is 1. The Bertz CT molecular complexity index is 817. The van der Waals surface area contributed by atoms with Crippen LogP contribution in [0.15, 0.2) is 12.2 Å². The van der Waals surface area contributed by atoms with E-state index in [9.17, 15) is 19.8 Å². The molecule has 0 aliphatic rings. The molecule has 0 aliphatic heterocycles. The SMILES string of the molecule is CCCCCCCCCCCCCCCCCCCC(O)C(CO)NC(=O)CCC/C=C\CCCCCCOC(=O)CCCCCCCCCCCCCC. The summed E-state index contributed by atoms with van der Waals surface area (Å²) in [6, 6.07) is -0.577. The first-order valence-electron chi connectivity index (χ1n) is 24.4. The summed E-state index contributed by atoms with van der Waals surface area (Å²) in [6.07, 6.45) is 50.4. The minimum Gasteiger partial charge on any atom is -0.466 e. The van der Waals surface area contributed by atoms with Gasteiger partial charge in [-0.15, -0.1) is 0 Å². The van der Waals surface area contributed by atoms with Crippen molar-refractivity contribution in [1.29, 1.82) is 0 Å². The second kappa shape index (κ2) is 45.3. The number of hydrogen-bond donors (Lipinski definition) is 3. The van der Waals surface area contributed by atoms with Gasteiger partial charge in [-0.1, -0.05) is 219 Å². The number of carbonyl (C=O) groups is 2. The zero-order valence-electron chi connectivity index (χ0n) is 36.9. The molecule has 0 saturated heterocycles. The monoisotopic (exact) mass is 778 g/mol. The molecule has 0 aromatic rings. The Morgan fingerprint density at radius 1 is 0.491 bits per heavy atom. The lowest BCUT2D eigenvalue weighted by atomic mass is 10.0. The third-order valence-electron chi connectivity index (χ3n) is 11.3. The van der Waals surface area contributed by atoms with Gasteiger partial charge in [-0.05, 0) is 44.9 Å². The fourth-order valence-electron chi connectivity index (χ4n) is 7.52. The molecule has 0 radical (unpaired) electrons. The molecule has 0 rings (SSSR count). The maximum atomic E-state index is 12.4. The molecule has 3 N–H and O–H groups in total. The molecule has 0 heterocycles. The van der Waals surface area contributed by atoms with Crippen molar-refractivity contribution in [3.8, 4) is 0 Å². The Kier molecular flexibility index (Phi) is 44.2. The first kappa shape index (κ1) is 53.6. The average molecular weight is 778 g/mol. The van der Waals surface area contributed by atoms with E-state index in [0.717, 1.165) is 70.6 Å². The second-order valence-corrected chi connectivity index (χ2v) is 16.8. The van der Waals surface area contributed by atoms with Crippen LogP contribution >= 0.6 is 0 Å². The van der Waals surface area contributed by atoms with Crippen LogP contribution in [0, 0.1) is 0 Å². The molecule has 6 nitrogen and oxygen atoms in total. The van der Waals surface area contributed by atoms with Crippen LogP contribution in [0.3, 0.4) is 0 Å². The number of amides is 1. The van der Waals surface area contributed by atoms with Gasteiger partial charge in [0.2, 0.25) is 5.91 Å². The number of hydrogen-bond acceptors (Lipinski definition) is 5. The van der Waals surface area contributed by atoms with E-state index in [1.54, 1.807) is 0 Å². The fraction of sp³-hybridized carbons (Fsp3) is 0.918. The summed E-state index contributed by atoms with van der Waals surface area (Å²) in [7, 11) is 0. The van der Waals surface area contributed by atoms with Crippen molar-refractivity contribution in [3.05, 3.63) is 12.2 Å². The molecular weight excluding hydrogens is 683 g/mol. The molecule has 0 aromatic heterocycles. The van der Waals surface area contributed by atoms with E-state index >= 15 is 0 Å². The predicted octanol–water partition coefficient (Wildman–Crippen LogP) is 14.2. The zero-order chi connectivity index (χ0) is 40.1. The van der Waals surface area contributed by atoms with Crippen molar-refractivity contribution < 1.29 is 24.5 Å². The van der Waals surface area contributed by atoms with Crippen LogP contribution in [-0.4, -0.2) is 47.4 Å². The molecule has 1 amide bonds. The Labute approximate surface area is 342 Å². The number of rotatable bonds is 45. The fourth-order valence-corrected chi connectivity index (χ4v) is 7.52. The first-order chi connectivity index (χ1) is 27.0. The van der Waals surface area contributed by atoms with Gasteiger partial charge in [-0.2, -0.15) is 0 Å². The van der Waals surface area contributed by atoms with E-state index in [2.05, 4.69) is 31.3 Å². The largest absolute Gasteiger partial charge is 0.466 e. The molecule has 0 bridgehead atoms. The first-order valence-corrected chi connectivity index (χ1v) is 24.4. The second-order valence-electron chi connectivity index (χ2n) is 16.8. The molecule has 326 valence electrons. The maximum Gasteiger partial charge on any atom is 0.305 e. The standard InChI is InChI=1S/C49H95NO5/c1-3-5-7-9-11-13-15-17-18-19-20-21-22-25-29-33-37-41-47(52)46(45-51)50-48(53)42-38-34-30-26-24-28-32-36-40-44-55-49(54)43-39-35-31-27-23-16-14-12-10-8-6-4-2/h26,30,46-47,51-52H,3-25,27-29,31-45H2,1-2H3,(H,50,53)/b30-26-. The van der Waals surface area contributed by atoms with E-state index in [4.69, 9.17) is 4.74 Å². The number of allylic oxidation sites excluding steroid dienone is 2. The van der Waals surface area contributed by atoms with Crippen LogP contribution < -0.4 is 5.32 Å². The minimum absolute atomic E-state index is 0.0347. The van der Waals surface area contributed by atoms with Crippen molar-refractivity contribution in [3.63, 3.8) is 0 Å². The van der Waals surface area contributed by atoms with Crippen LogP contribution in [0.4, 0.5) is 0 Å². The molecule has 55 heavy (non-hydrogen) atoms. The molecule has 0 spiro atoms. The Morgan fingerprint density at radius 3 is 1.33 bits per heavy atom. The Hall–Kier alpha value is -1.40. The van der Waals surface area contributed by atoms with Crippen LogP contribution in [0.25, 0.3) is 0 Å². The zero-order valence-corrected chi connectivity index (χ0v) is 36.9. The third kappa shape index (κ3) is 42.0. The molecule has 0 aromatic carbocycles. The third-order valence-corrected chi connectivity index (χ3v) is 11.3. The van der Waals surface area contributed by atoms with Gasteiger partial charge in [-0.3, -0.25) is 9.59 Å². The summed E-state index contributed by atoms with van der Waals surface area (Å²) in [6.45, 7) is 4.86. The summed E-state index contributed by atoms with van der Waals surface area (Å²) in [5.41, 5.74) is 0. The summed E-state index contributed by atoms with van der Waals surface area (Å²) < 4.78 is 5.42. The number of unbranched alkanes of at least 4 members (excludes halogenated alkanes) is 32. The van der Waals surface area contributed by atoms with Gasteiger partial charge in [-0.25, -0.2) is 0 Å². The highest BCUT2D eigenvalue weighted by Gasteiger charge is 2.20. The Balaban J connectivity index is 3.54. The van der Waals surface area contributed by atoms with Crippen molar-refractivity contribution in [2.75, 3.05) is 13.2 Å². The number of nitrogens with one attached hydrogen (secondary N) is 1. The number of carbonyl (C=O) groups excluding carboxylic acids is 2. The van der Waals surface area contributed by atoms with Gasteiger partial charge >= 0.3 is 5.97 Å². The van der Waals surface area contributed by atoms with Gasteiger partial charge < -0.3 is 20.3 Å².